The number of epoxide rings is 2. The van der Waals surface area contributed by atoms with Crippen LogP contribution in [0.25, 0.3) is 0 Å². The first-order valence-electron chi connectivity index (χ1n) is 7.59. The Hall–Kier alpha value is -0.610. The van der Waals surface area contributed by atoms with Gasteiger partial charge in [-0.05, 0) is 60.8 Å². The Labute approximate surface area is 122 Å². The molecule has 2 fully saturated rings. The molecular weight excluding hydrogens is 256 g/mol. The summed E-state index contributed by atoms with van der Waals surface area (Å²) in [5.41, 5.74) is -0.416. The van der Waals surface area contributed by atoms with Crippen molar-refractivity contribution in [1.82, 2.24) is 0 Å². The fourth-order valence-corrected chi connectivity index (χ4v) is 2.67. The van der Waals surface area contributed by atoms with Crippen LogP contribution in [0.2, 0.25) is 0 Å². The Morgan fingerprint density at radius 3 is 2.20 bits per heavy atom. The molecule has 2 saturated heterocycles. The molecule has 116 valence electrons. The summed E-state index contributed by atoms with van der Waals surface area (Å²) >= 11 is 0. The lowest BCUT2D eigenvalue weighted by molar-refractivity contribution is -0.155. The number of rotatable bonds is 6. The molecule has 0 aromatic carbocycles. The van der Waals surface area contributed by atoms with Crippen LogP contribution in [0.5, 0.6) is 0 Å². The lowest BCUT2D eigenvalue weighted by Crippen LogP contribution is -2.24. The number of carbonyl (C=O) groups is 1. The highest BCUT2D eigenvalue weighted by atomic mass is 16.6. The Morgan fingerprint density at radius 1 is 1.10 bits per heavy atom. The Kier molecular flexibility index (Phi) is 3.93. The second kappa shape index (κ2) is 4.99. The number of esters is 1. The van der Waals surface area contributed by atoms with E-state index in [4.69, 9.17) is 14.2 Å². The molecule has 3 atom stereocenters. The maximum absolute atomic E-state index is 11.7. The molecule has 0 spiro atoms. The normalized spacial score (nSPS) is 34.7. The van der Waals surface area contributed by atoms with E-state index >= 15 is 0 Å². The third kappa shape index (κ3) is 4.19. The summed E-state index contributed by atoms with van der Waals surface area (Å²) in [6.45, 7) is 12.0. The molecular formula is C16H28O4. The van der Waals surface area contributed by atoms with Crippen molar-refractivity contribution in [2.45, 2.75) is 96.2 Å². The van der Waals surface area contributed by atoms with Gasteiger partial charge in [-0.25, -0.2) is 0 Å². The third-order valence-corrected chi connectivity index (χ3v) is 4.13. The first-order chi connectivity index (χ1) is 9.02. The van der Waals surface area contributed by atoms with Crippen molar-refractivity contribution in [3.63, 3.8) is 0 Å². The SMILES string of the molecule is CC(C)(C)OC(=O)CC[C@@H]1O[C@@]1(C)CC[C@@H]1OC1(C)C. The molecule has 4 heteroatoms. The zero-order valence-electron chi connectivity index (χ0n) is 13.6. The van der Waals surface area contributed by atoms with Gasteiger partial charge < -0.3 is 14.2 Å². The van der Waals surface area contributed by atoms with Gasteiger partial charge >= 0.3 is 5.97 Å². The highest BCUT2D eigenvalue weighted by Gasteiger charge is 2.54. The minimum absolute atomic E-state index is 0.0528. The van der Waals surface area contributed by atoms with Gasteiger partial charge in [0.25, 0.3) is 0 Å². The zero-order chi connectivity index (χ0) is 15.2. The van der Waals surface area contributed by atoms with Gasteiger partial charge in [0.15, 0.2) is 0 Å². The van der Waals surface area contributed by atoms with Gasteiger partial charge in [0.05, 0.1) is 23.4 Å². The second-order valence-electron chi connectivity index (χ2n) is 7.79. The van der Waals surface area contributed by atoms with Crippen LogP contribution < -0.4 is 0 Å². The van der Waals surface area contributed by atoms with E-state index in [0.717, 1.165) is 19.3 Å². The molecule has 0 aromatic heterocycles. The van der Waals surface area contributed by atoms with Crippen LogP contribution in [-0.2, 0) is 19.0 Å². The summed E-state index contributed by atoms with van der Waals surface area (Å²) in [4.78, 5) is 11.7. The molecule has 0 aliphatic carbocycles. The molecule has 0 amide bonds. The van der Waals surface area contributed by atoms with Crippen LogP contribution in [0, 0.1) is 0 Å². The van der Waals surface area contributed by atoms with Gasteiger partial charge in [-0.3, -0.25) is 4.79 Å². The van der Waals surface area contributed by atoms with Crippen LogP contribution in [0.3, 0.4) is 0 Å². The van der Waals surface area contributed by atoms with Crippen molar-refractivity contribution in [3.05, 3.63) is 0 Å². The van der Waals surface area contributed by atoms with E-state index < -0.39 is 5.60 Å². The largest absolute Gasteiger partial charge is 0.460 e. The molecule has 0 unspecified atom stereocenters. The lowest BCUT2D eigenvalue weighted by atomic mass is 9.95. The molecule has 0 N–H and O–H groups in total. The van der Waals surface area contributed by atoms with Crippen molar-refractivity contribution < 1.29 is 19.0 Å². The van der Waals surface area contributed by atoms with E-state index in [1.807, 2.05) is 20.8 Å². The van der Waals surface area contributed by atoms with Crippen LogP contribution in [-0.4, -0.2) is 35.0 Å². The van der Waals surface area contributed by atoms with Crippen molar-refractivity contribution in [2.75, 3.05) is 0 Å². The van der Waals surface area contributed by atoms with Gasteiger partial charge in [-0.1, -0.05) is 0 Å². The van der Waals surface area contributed by atoms with Crippen molar-refractivity contribution in [2.24, 2.45) is 0 Å². The summed E-state index contributed by atoms with van der Waals surface area (Å²) < 4.78 is 16.7. The Bertz CT molecular complexity index is 382. The molecule has 0 aromatic rings. The maximum Gasteiger partial charge on any atom is 0.306 e. The number of hydrogen-bond donors (Lipinski definition) is 0. The van der Waals surface area contributed by atoms with E-state index in [0.29, 0.717) is 12.5 Å². The van der Waals surface area contributed by atoms with Crippen molar-refractivity contribution in [3.8, 4) is 0 Å². The third-order valence-electron chi connectivity index (χ3n) is 4.13. The van der Waals surface area contributed by atoms with Crippen LogP contribution in [0.15, 0.2) is 0 Å². The van der Waals surface area contributed by atoms with E-state index in [1.54, 1.807) is 0 Å². The van der Waals surface area contributed by atoms with Crippen molar-refractivity contribution >= 4 is 5.97 Å². The first-order valence-corrected chi connectivity index (χ1v) is 7.59. The summed E-state index contributed by atoms with van der Waals surface area (Å²) in [6, 6.07) is 0. The Morgan fingerprint density at radius 2 is 1.70 bits per heavy atom. The summed E-state index contributed by atoms with van der Waals surface area (Å²) in [5.74, 6) is -0.137. The molecule has 2 heterocycles. The topological polar surface area (TPSA) is 51.4 Å². The number of carbonyl (C=O) groups excluding carboxylic acids is 1. The standard InChI is InChI=1S/C16H28O4/c1-14(2,3)20-13(17)8-7-12-16(6,19-12)10-9-11-15(4,5)18-11/h11-12H,7-10H2,1-6H3/t11-,12-,16-/m0/s1. The highest BCUT2D eigenvalue weighted by molar-refractivity contribution is 5.69. The van der Waals surface area contributed by atoms with Gasteiger partial charge in [-0.2, -0.15) is 0 Å². The van der Waals surface area contributed by atoms with Crippen LogP contribution in [0.1, 0.15) is 67.2 Å². The smallest absolute Gasteiger partial charge is 0.306 e. The molecule has 0 radical (unpaired) electrons. The molecule has 20 heavy (non-hydrogen) atoms. The van der Waals surface area contributed by atoms with Gasteiger partial charge in [-0.15, -0.1) is 0 Å². The number of ether oxygens (including phenoxy) is 3. The summed E-state index contributed by atoms with van der Waals surface area (Å²) in [6.07, 6.45) is 3.78. The first kappa shape index (κ1) is 15.8. The summed E-state index contributed by atoms with van der Waals surface area (Å²) in [7, 11) is 0. The van der Waals surface area contributed by atoms with Crippen molar-refractivity contribution in [1.29, 1.82) is 0 Å². The average molecular weight is 284 g/mol. The quantitative estimate of drug-likeness (QED) is 0.555. The zero-order valence-corrected chi connectivity index (χ0v) is 13.6. The van der Waals surface area contributed by atoms with E-state index in [2.05, 4.69) is 20.8 Å². The number of hydrogen-bond acceptors (Lipinski definition) is 4. The molecule has 0 saturated carbocycles. The predicted molar refractivity (Wildman–Crippen MR) is 76.5 cm³/mol. The van der Waals surface area contributed by atoms with E-state index in [9.17, 15) is 4.79 Å². The molecule has 4 nitrogen and oxygen atoms in total. The van der Waals surface area contributed by atoms with E-state index in [-0.39, 0.29) is 23.3 Å². The molecule has 2 aliphatic heterocycles. The molecule has 2 rings (SSSR count). The Balaban J connectivity index is 1.63. The van der Waals surface area contributed by atoms with Crippen LogP contribution >= 0.6 is 0 Å². The predicted octanol–water partition coefficient (Wildman–Crippen LogP) is 3.22. The van der Waals surface area contributed by atoms with Gasteiger partial charge in [0.1, 0.15) is 5.60 Å². The van der Waals surface area contributed by atoms with Gasteiger partial charge in [0.2, 0.25) is 0 Å². The second-order valence-corrected chi connectivity index (χ2v) is 7.79. The monoisotopic (exact) mass is 284 g/mol. The minimum atomic E-state index is -0.403. The maximum atomic E-state index is 11.7. The lowest BCUT2D eigenvalue weighted by Gasteiger charge is -2.19. The highest BCUT2D eigenvalue weighted by Crippen LogP contribution is 2.47. The van der Waals surface area contributed by atoms with Gasteiger partial charge in [0, 0.05) is 6.42 Å². The van der Waals surface area contributed by atoms with Crippen LogP contribution in [0.4, 0.5) is 0 Å². The average Bonchev–Trinajstić information content (AvgIpc) is 3.08. The minimum Gasteiger partial charge on any atom is -0.460 e. The fourth-order valence-electron chi connectivity index (χ4n) is 2.67. The molecule has 0 bridgehead atoms. The molecule has 2 aliphatic rings. The summed E-state index contributed by atoms with van der Waals surface area (Å²) in [5, 5.41) is 0. The fraction of sp³-hybridized carbons (Fsp3) is 0.938. The van der Waals surface area contributed by atoms with E-state index in [1.165, 1.54) is 0 Å².